The number of aromatic nitrogens is 4. The van der Waals surface area contributed by atoms with Crippen LogP contribution in [0.15, 0.2) is 120 Å². The van der Waals surface area contributed by atoms with Crippen molar-refractivity contribution >= 4 is 103 Å². The normalized spacial score (nSPS) is 30.3. The average Bonchev–Trinajstić information content (AvgIpc) is 1.56. The number of carbonyl (C=O) groups excluding carboxylic acids is 5. The molecule has 736 valence electrons. The van der Waals surface area contributed by atoms with Gasteiger partial charge in [-0.3, -0.25) is 33.8 Å². The number of benzene rings is 3. The SMILES string of the molecule is CO[C@@H]1C[C@@H](C[C@H]2CC[C@H](C)C([C@@H](C)C(=O)NCCSSC[C@H](NC(=O)C(CCCNC(=O)CCCCCN3C(=CC=CC=CC4=[N+](C)c5ccccc5C4(C)C)C(C)(C)c4ccccc43)NC(=O)CC[C@H](NC(=O)c3ccc(NCc4cnc5nc(N)[nH]c(=O)c5n4)cc3)C(=O)O)C(=O)O)O2)O[C@]2(O[C@@](C)(C3CC[C@@](C)([C@@H]4O[C@@H]([C@@H]5O[C@@](O)(CO)[C@H](C)C[C@@H]5C)C[C@@H]4C)O3)C[C@H]2C)[C@@H]1C. The van der Waals surface area contributed by atoms with Gasteiger partial charge >= 0.3 is 11.9 Å². The number of amides is 5. The summed E-state index contributed by atoms with van der Waals surface area (Å²) in [6.07, 6.45) is 18.2. The maximum Gasteiger partial charge on any atom is 0.327 e. The Labute approximate surface area is 800 Å². The number of nitrogens with two attached hydrogens (primary N) is 1. The molecule has 8 aliphatic heterocycles. The number of H-pyrrole nitrogens is 1. The molecular weight excluding hydrogens is 1760 g/mol. The van der Waals surface area contributed by atoms with E-state index in [9.17, 15) is 58.8 Å². The van der Waals surface area contributed by atoms with Crippen molar-refractivity contribution in [2.24, 2.45) is 41.4 Å². The topological polar surface area (TPSA) is 441 Å². The fourth-order valence-electron chi connectivity index (χ4n) is 22.0. The van der Waals surface area contributed by atoms with Crippen LogP contribution in [0.5, 0.6) is 0 Å². The molecule has 0 aliphatic carbocycles. The Morgan fingerprint density at radius 3 is 2.19 bits per heavy atom. The van der Waals surface area contributed by atoms with E-state index in [1.165, 1.54) is 68.1 Å². The molecule has 22 atom stereocenters. The number of hydrogen-bond donors (Lipinski definition) is 12. The number of nitrogen functional groups attached to an aromatic ring is 1. The van der Waals surface area contributed by atoms with Gasteiger partial charge in [-0.1, -0.05) is 145 Å². The molecule has 0 radical (unpaired) electrons. The van der Waals surface area contributed by atoms with E-state index < -0.39 is 101 Å². The minimum Gasteiger partial charge on any atom is -0.480 e. The standard InChI is InChI=1S/C101H141N13O19S2/c1-58-35-40-68(51-69-52-77(127-15)64(7)101(130-69)62(5)53-99(13,133-101)81-43-44-98(12,131-81)87-60(3)50-78(129-87)86-59(2)49-61(4)100(126,57-115)132-86)128-85(58)63(6)89(118)104-46-48-134-135-56-74(94(124)125)110-91(120)72(108-83(117)42-41-73(93(122)123)109-90(119)65-36-38-66(39-37-65)105-54-67-55-106-88-84(107-67)92(121)112-95(102)111-88)29-26-45-103-82(116)34-20-17-25-47-114-76-31-24-22-28-71(76)97(10,11)80(114)33-19-16-18-32-79-96(8,9)70-27-21-23-30-75(70)113(79)14/h16,18-19,21-24,27-28,30-33,36-39,55,58-64,68-69,72-74,77-78,81,85-87,115,126H,17,20,25-26,29,34-35,40-54,56-57H2,1-15H3,(H10-,102,103,104,105,106,108,109,110,111,112,116,117,118,119,120,121,122,123,124,125)/p+1/t58-,59-,60-,61+,62+,63+,64+,68+,69+,72?,73-,74-,77+,78+,81?,85?,86+,87+,98-,99+,100-,101+/m0/s1. The Morgan fingerprint density at radius 1 is 0.719 bits per heavy atom. The third-order valence-electron chi connectivity index (χ3n) is 29.6. The molecule has 10 heterocycles. The van der Waals surface area contributed by atoms with E-state index in [1.807, 2.05) is 13.8 Å². The monoisotopic (exact) mass is 1900 g/mol. The molecule has 13 N–H and O–H groups in total. The number of anilines is 3. The highest BCUT2D eigenvalue weighted by Crippen LogP contribution is 2.58. The molecule has 2 aromatic heterocycles. The van der Waals surface area contributed by atoms with E-state index in [4.69, 9.17) is 38.9 Å². The van der Waals surface area contributed by atoms with Crippen LogP contribution in [0.2, 0.25) is 0 Å². The number of aliphatic carboxylic acids is 2. The third kappa shape index (κ3) is 23.7. The van der Waals surface area contributed by atoms with Gasteiger partial charge in [-0.25, -0.2) is 19.6 Å². The van der Waals surface area contributed by atoms with E-state index >= 15 is 0 Å². The minimum atomic E-state index is -1.62. The summed E-state index contributed by atoms with van der Waals surface area (Å²) in [4.78, 5) is 125. The first-order valence-electron chi connectivity index (χ1n) is 48.2. The van der Waals surface area contributed by atoms with Gasteiger partial charge in [-0.2, -0.15) is 9.56 Å². The number of carboxylic acid groups (broad SMARTS) is 2. The fourth-order valence-corrected chi connectivity index (χ4v) is 24.0. The lowest BCUT2D eigenvalue weighted by Crippen LogP contribution is -2.58. The van der Waals surface area contributed by atoms with Gasteiger partial charge in [0, 0.05) is 127 Å². The second-order valence-electron chi connectivity index (χ2n) is 40.3. The van der Waals surface area contributed by atoms with Gasteiger partial charge in [0.25, 0.3) is 11.5 Å². The number of allylic oxidation sites excluding steroid dienone is 6. The van der Waals surface area contributed by atoms with E-state index in [1.54, 1.807) is 19.2 Å². The number of para-hydroxylation sites is 2. The summed E-state index contributed by atoms with van der Waals surface area (Å²) in [5, 5.41) is 59.1. The molecule has 8 aliphatic rings. The number of fused-ring (bicyclic) bond motifs is 3. The molecule has 3 unspecified atom stereocenters. The van der Waals surface area contributed by atoms with E-state index in [2.05, 4.69) is 223 Å². The van der Waals surface area contributed by atoms with Crippen LogP contribution >= 0.6 is 21.6 Å². The number of ether oxygens (including phenoxy) is 7. The van der Waals surface area contributed by atoms with Crippen LogP contribution in [0.1, 0.15) is 226 Å². The molecule has 3 aromatic carbocycles. The summed E-state index contributed by atoms with van der Waals surface area (Å²) in [6, 6.07) is 18.8. The summed E-state index contributed by atoms with van der Waals surface area (Å²) in [5.41, 5.74) is 11.8. The molecule has 1 spiro atoms. The number of carbonyl (C=O) groups is 7. The molecule has 0 saturated carbocycles. The number of hydrogen-bond acceptors (Lipinski definition) is 25. The Bertz CT molecular complexity index is 5250. The van der Waals surface area contributed by atoms with Gasteiger partial charge in [-0.05, 0) is 164 Å². The number of carboxylic acids is 2. The summed E-state index contributed by atoms with van der Waals surface area (Å²) in [7, 11) is 6.35. The number of aromatic amines is 1. The molecule has 13 rings (SSSR count). The first kappa shape index (κ1) is 103. The van der Waals surface area contributed by atoms with Crippen LogP contribution in [0.25, 0.3) is 11.2 Å². The number of methoxy groups -OCH3 is 1. The third-order valence-corrected chi connectivity index (χ3v) is 32.0. The van der Waals surface area contributed by atoms with Gasteiger partial charge in [0.15, 0.2) is 28.4 Å². The lowest BCUT2D eigenvalue weighted by Gasteiger charge is -2.50. The van der Waals surface area contributed by atoms with Gasteiger partial charge < -0.3 is 96.1 Å². The van der Waals surface area contributed by atoms with Gasteiger partial charge in [0.2, 0.25) is 35.3 Å². The number of aliphatic hydroxyl groups excluding tert-OH is 1. The highest BCUT2D eigenvalue weighted by molar-refractivity contribution is 8.76. The van der Waals surface area contributed by atoms with Crippen LogP contribution in [-0.4, -0.2) is 234 Å². The van der Waals surface area contributed by atoms with Crippen molar-refractivity contribution in [1.29, 1.82) is 0 Å². The van der Waals surface area contributed by atoms with Gasteiger partial charge in [0.05, 0.1) is 96.4 Å². The Morgan fingerprint density at radius 2 is 1.46 bits per heavy atom. The summed E-state index contributed by atoms with van der Waals surface area (Å²) < 4.78 is 50.5. The molecule has 135 heavy (non-hydrogen) atoms. The van der Waals surface area contributed by atoms with Crippen molar-refractivity contribution in [3.63, 3.8) is 0 Å². The Kier molecular flexibility index (Phi) is 33.9. The highest BCUT2D eigenvalue weighted by atomic mass is 33.1. The van der Waals surface area contributed by atoms with Crippen molar-refractivity contribution in [2.45, 2.75) is 306 Å². The fraction of sp³-hybridized carbons (Fsp3) is 0.624. The smallest absolute Gasteiger partial charge is 0.327 e. The molecule has 34 heteroatoms. The predicted molar refractivity (Wildman–Crippen MR) is 519 cm³/mol. The number of unbranched alkanes of at least 4 members (excludes halogenated alkanes) is 2. The van der Waals surface area contributed by atoms with Crippen LogP contribution < -0.4 is 48.1 Å². The van der Waals surface area contributed by atoms with Crippen molar-refractivity contribution in [1.82, 2.24) is 46.5 Å². The zero-order valence-corrected chi connectivity index (χ0v) is 82.4. The summed E-state index contributed by atoms with van der Waals surface area (Å²) >= 11 is 0. The molecule has 6 saturated heterocycles. The number of rotatable bonds is 41. The van der Waals surface area contributed by atoms with Gasteiger partial charge in [0.1, 0.15) is 25.2 Å². The Hall–Kier alpha value is -9.20. The minimum absolute atomic E-state index is 0.00363. The molecular formula is C101H142N13O19S2+. The second-order valence-corrected chi connectivity index (χ2v) is 42.9. The van der Waals surface area contributed by atoms with E-state index in [0.29, 0.717) is 49.2 Å². The zero-order chi connectivity index (χ0) is 97.2. The summed E-state index contributed by atoms with van der Waals surface area (Å²) in [6.45, 7) is 28.6. The first-order valence-corrected chi connectivity index (χ1v) is 50.7. The lowest BCUT2D eigenvalue weighted by atomic mass is 9.78. The average molecular weight is 1910 g/mol. The molecule has 5 amide bonds. The Balaban J connectivity index is 0.573. The molecule has 0 bridgehead atoms. The van der Waals surface area contributed by atoms with Crippen LogP contribution in [0.4, 0.5) is 23.0 Å². The van der Waals surface area contributed by atoms with Crippen molar-refractivity contribution in [3.8, 4) is 0 Å². The van der Waals surface area contributed by atoms with Crippen molar-refractivity contribution in [3.05, 3.63) is 148 Å². The van der Waals surface area contributed by atoms with Crippen LogP contribution in [0, 0.1) is 41.4 Å². The maximum atomic E-state index is 14.3. The lowest BCUT2D eigenvalue weighted by molar-refractivity contribution is -0.401. The van der Waals surface area contributed by atoms with Crippen LogP contribution in [-0.2, 0) is 79.3 Å². The van der Waals surface area contributed by atoms with Crippen molar-refractivity contribution in [2.75, 3.05) is 67.9 Å². The van der Waals surface area contributed by atoms with Crippen molar-refractivity contribution < 1.29 is 91.7 Å². The molecule has 5 aromatic rings. The molecule has 32 nitrogen and oxygen atoms in total. The van der Waals surface area contributed by atoms with Gasteiger partial charge in [-0.15, -0.1) is 0 Å². The quantitative estimate of drug-likeness (QED) is 0.00748. The first-order chi connectivity index (χ1) is 64.2. The largest absolute Gasteiger partial charge is 0.480 e. The van der Waals surface area contributed by atoms with E-state index in [-0.39, 0.29) is 175 Å². The van der Waals surface area contributed by atoms with Crippen LogP contribution in [0.3, 0.4) is 0 Å². The predicted octanol–water partition coefficient (Wildman–Crippen LogP) is 12.0. The number of aliphatic hydroxyl groups is 2. The highest BCUT2D eigenvalue weighted by Gasteiger charge is 2.65. The van der Waals surface area contributed by atoms with E-state index in [0.717, 1.165) is 57.2 Å². The summed E-state index contributed by atoms with van der Waals surface area (Å²) in [5.74, 6) is -8.40. The maximum absolute atomic E-state index is 14.3. The second kappa shape index (κ2) is 44.3. The number of nitrogens with one attached hydrogen (secondary N) is 7. The zero-order valence-electron chi connectivity index (χ0n) is 80.8. The number of nitrogens with zero attached hydrogens (tertiary/aromatic N) is 5. The molecule has 6 fully saturated rings.